The standard InChI is InChI=1S/C13H13N5O2/c1-2-15-11-7-10(3-4-12(11)18(19)20)9-17-6-5-16-13(17)8-14/h3-7,15H,2,9H2,1H3. The van der Waals surface area contributed by atoms with E-state index in [0.29, 0.717) is 24.6 Å². The Balaban J connectivity index is 2.32. The summed E-state index contributed by atoms with van der Waals surface area (Å²) in [4.78, 5) is 14.4. The van der Waals surface area contributed by atoms with Crippen LogP contribution in [0.3, 0.4) is 0 Å². The zero-order chi connectivity index (χ0) is 14.5. The summed E-state index contributed by atoms with van der Waals surface area (Å²) in [6.07, 6.45) is 3.25. The zero-order valence-electron chi connectivity index (χ0n) is 10.9. The molecule has 7 heteroatoms. The molecule has 0 amide bonds. The highest BCUT2D eigenvalue weighted by Crippen LogP contribution is 2.25. The summed E-state index contributed by atoms with van der Waals surface area (Å²) in [7, 11) is 0. The van der Waals surface area contributed by atoms with Crippen LogP contribution < -0.4 is 5.32 Å². The molecule has 0 saturated carbocycles. The topological polar surface area (TPSA) is 96.8 Å². The van der Waals surface area contributed by atoms with Crippen molar-refractivity contribution in [3.63, 3.8) is 0 Å². The molecule has 2 rings (SSSR count). The summed E-state index contributed by atoms with van der Waals surface area (Å²) in [6, 6.07) is 6.87. The van der Waals surface area contributed by atoms with Crippen LogP contribution in [-0.2, 0) is 6.54 Å². The van der Waals surface area contributed by atoms with Crippen LogP contribution in [0.15, 0.2) is 30.6 Å². The molecule has 0 atom stereocenters. The number of hydrogen-bond acceptors (Lipinski definition) is 5. The molecule has 102 valence electrons. The predicted octanol–water partition coefficient (Wildman–Crippen LogP) is 2.14. The van der Waals surface area contributed by atoms with Gasteiger partial charge >= 0.3 is 0 Å². The molecular weight excluding hydrogens is 258 g/mol. The van der Waals surface area contributed by atoms with E-state index >= 15 is 0 Å². The third-order valence-electron chi connectivity index (χ3n) is 2.79. The van der Waals surface area contributed by atoms with E-state index in [0.717, 1.165) is 5.56 Å². The van der Waals surface area contributed by atoms with Gasteiger partial charge in [0, 0.05) is 31.5 Å². The molecule has 2 aromatic rings. The molecule has 20 heavy (non-hydrogen) atoms. The third-order valence-corrected chi connectivity index (χ3v) is 2.79. The fourth-order valence-electron chi connectivity index (χ4n) is 1.92. The molecule has 7 nitrogen and oxygen atoms in total. The molecule has 0 fully saturated rings. The molecule has 1 aromatic carbocycles. The number of nitro groups is 1. The second-order valence-electron chi connectivity index (χ2n) is 4.13. The van der Waals surface area contributed by atoms with Gasteiger partial charge in [0.05, 0.1) is 4.92 Å². The Morgan fingerprint density at radius 3 is 3.00 bits per heavy atom. The first-order valence-electron chi connectivity index (χ1n) is 6.08. The van der Waals surface area contributed by atoms with Crippen LogP contribution in [-0.4, -0.2) is 21.0 Å². The maximum absolute atomic E-state index is 10.9. The van der Waals surface area contributed by atoms with Gasteiger partial charge < -0.3 is 9.88 Å². The van der Waals surface area contributed by atoms with E-state index in [1.807, 2.05) is 13.0 Å². The van der Waals surface area contributed by atoms with Crippen molar-refractivity contribution in [3.05, 3.63) is 52.1 Å². The largest absolute Gasteiger partial charge is 0.380 e. The van der Waals surface area contributed by atoms with E-state index in [-0.39, 0.29) is 5.69 Å². The number of imidazole rings is 1. The summed E-state index contributed by atoms with van der Waals surface area (Å²) in [5.74, 6) is 0.313. The first kappa shape index (κ1) is 13.5. The minimum Gasteiger partial charge on any atom is -0.380 e. The van der Waals surface area contributed by atoms with Crippen molar-refractivity contribution in [2.45, 2.75) is 13.5 Å². The van der Waals surface area contributed by atoms with Gasteiger partial charge in [-0.05, 0) is 18.6 Å². The Bertz CT molecular complexity index is 672. The number of nitrogens with one attached hydrogen (secondary N) is 1. The lowest BCUT2D eigenvalue weighted by atomic mass is 10.1. The SMILES string of the molecule is CCNc1cc(Cn2ccnc2C#N)ccc1[N+](=O)[O-]. The van der Waals surface area contributed by atoms with Gasteiger partial charge in [-0.3, -0.25) is 10.1 Å². The second-order valence-corrected chi connectivity index (χ2v) is 4.13. The number of benzene rings is 1. The lowest BCUT2D eigenvalue weighted by molar-refractivity contribution is -0.384. The number of nitrogens with zero attached hydrogens (tertiary/aromatic N) is 4. The van der Waals surface area contributed by atoms with E-state index in [2.05, 4.69) is 10.3 Å². The highest BCUT2D eigenvalue weighted by molar-refractivity contribution is 5.62. The average Bonchev–Trinajstić information content (AvgIpc) is 2.86. The van der Waals surface area contributed by atoms with E-state index < -0.39 is 4.92 Å². The van der Waals surface area contributed by atoms with Crippen molar-refractivity contribution in [2.75, 3.05) is 11.9 Å². The Morgan fingerprint density at radius 1 is 1.55 bits per heavy atom. The lowest BCUT2D eigenvalue weighted by Crippen LogP contribution is -2.05. The summed E-state index contributed by atoms with van der Waals surface area (Å²) in [6.45, 7) is 2.91. The molecule has 1 N–H and O–H groups in total. The van der Waals surface area contributed by atoms with Crippen LogP contribution >= 0.6 is 0 Å². The molecule has 0 unspecified atom stereocenters. The molecule has 0 saturated heterocycles. The van der Waals surface area contributed by atoms with Gasteiger partial charge in [-0.25, -0.2) is 4.98 Å². The summed E-state index contributed by atoms with van der Waals surface area (Å²) in [5, 5.41) is 22.8. The number of nitriles is 1. The monoisotopic (exact) mass is 271 g/mol. The molecule has 0 radical (unpaired) electrons. The lowest BCUT2D eigenvalue weighted by Gasteiger charge is -2.08. The smallest absolute Gasteiger partial charge is 0.292 e. The van der Waals surface area contributed by atoms with Crippen molar-refractivity contribution in [2.24, 2.45) is 0 Å². The van der Waals surface area contributed by atoms with E-state index in [9.17, 15) is 10.1 Å². The number of hydrogen-bond donors (Lipinski definition) is 1. The van der Waals surface area contributed by atoms with Gasteiger partial charge in [0.25, 0.3) is 5.69 Å². The highest BCUT2D eigenvalue weighted by Gasteiger charge is 2.14. The molecule has 0 aliphatic carbocycles. The van der Waals surface area contributed by atoms with Gasteiger partial charge in [-0.15, -0.1) is 0 Å². The molecule has 1 heterocycles. The minimum atomic E-state index is -0.417. The Labute approximate surface area is 115 Å². The van der Waals surface area contributed by atoms with Crippen LogP contribution in [0.2, 0.25) is 0 Å². The Morgan fingerprint density at radius 2 is 2.35 bits per heavy atom. The van der Waals surface area contributed by atoms with Gasteiger partial charge in [-0.2, -0.15) is 5.26 Å². The van der Waals surface area contributed by atoms with Crippen molar-refractivity contribution in [1.29, 1.82) is 5.26 Å². The zero-order valence-corrected chi connectivity index (χ0v) is 10.9. The quantitative estimate of drug-likeness (QED) is 0.663. The average molecular weight is 271 g/mol. The fourth-order valence-corrected chi connectivity index (χ4v) is 1.92. The predicted molar refractivity (Wildman–Crippen MR) is 73.3 cm³/mol. The first-order chi connectivity index (χ1) is 9.65. The number of nitro benzene ring substituents is 1. The second kappa shape index (κ2) is 5.84. The van der Waals surface area contributed by atoms with Gasteiger partial charge in [0.15, 0.2) is 0 Å². The van der Waals surface area contributed by atoms with Crippen LogP contribution in [0.4, 0.5) is 11.4 Å². The molecule has 1 aromatic heterocycles. The van der Waals surface area contributed by atoms with E-state index in [1.54, 1.807) is 29.1 Å². The summed E-state index contributed by atoms with van der Waals surface area (Å²) < 4.78 is 1.69. The van der Waals surface area contributed by atoms with Gasteiger partial charge in [0.1, 0.15) is 11.8 Å². The number of anilines is 1. The third kappa shape index (κ3) is 2.75. The van der Waals surface area contributed by atoms with Crippen LogP contribution in [0.5, 0.6) is 0 Å². The van der Waals surface area contributed by atoms with Crippen LogP contribution in [0.25, 0.3) is 0 Å². The van der Waals surface area contributed by atoms with E-state index in [1.165, 1.54) is 6.07 Å². The molecular formula is C13H13N5O2. The van der Waals surface area contributed by atoms with Gasteiger partial charge in [0.2, 0.25) is 5.82 Å². The fraction of sp³-hybridized carbons (Fsp3) is 0.231. The normalized spacial score (nSPS) is 10.0. The van der Waals surface area contributed by atoms with Gasteiger partial charge in [-0.1, -0.05) is 6.07 Å². The van der Waals surface area contributed by atoms with Crippen molar-refractivity contribution in [1.82, 2.24) is 9.55 Å². The molecule has 0 aliphatic heterocycles. The van der Waals surface area contributed by atoms with Crippen LogP contribution in [0.1, 0.15) is 18.3 Å². The van der Waals surface area contributed by atoms with Crippen molar-refractivity contribution >= 4 is 11.4 Å². The minimum absolute atomic E-state index is 0.0433. The Hall–Kier alpha value is -2.88. The van der Waals surface area contributed by atoms with Crippen molar-refractivity contribution < 1.29 is 4.92 Å². The maximum Gasteiger partial charge on any atom is 0.292 e. The van der Waals surface area contributed by atoms with Crippen molar-refractivity contribution in [3.8, 4) is 6.07 Å². The highest BCUT2D eigenvalue weighted by atomic mass is 16.6. The number of rotatable bonds is 5. The molecule has 0 spiro atoms. The molecule has 0 aliphatic rings. The number of aromatic nitrogens is 2. The van der Waals surface area contributed by atoms with Crippen LogP contribution in [0, 0.1) is 21.4 Å². The van der Waals surface area contributed by atoms with E-state index in [4.69, 9.17) is 5.26 Å². The Kier molecular flexibility index (Phi) is 3.96. The maximum atomic E-state index is 10.9. The summed E-state index contributed by atoms with van der Waals surface area (Å²) >= 11 is 0. The first-order valence-corrected chi connectivity index (χ1v) is 6.08. The molecule has 0 bridgehead atoms. The summed E-state index contributed by atoms with van der Waals surface area (Å²) in [5.41, 5.74) is 1.39.